The first kappa shape index (κ1) is 56.4. The third-order valence-electron chi connectivity index (χ3n) is 17.7. The average molecular weight is 1140 g/mol. The van der Waals surface area contributed by atoms with Gasteiger partial charge in [-0.15, -0.1) is 0 Å². The summed E-state index contributed by atoms with van der Waals surface area (Å²) >= 11 is 0. The number of hydrogen-bond donors (Lipinski definition) is 1. The number of halogens is 4. The summed E-state index contributed by atoms with van der Waals surface area (Å²) in [6.45, 7) is 12.2. The number of carbonyl (C=O) groups excluding carboxylic acids is 2. The van der Waals surface area contributed by atoms with Crippen molar-refractivity contribution in [2.45, 2.75) is 90.1 Å². The van der Waals surface area contributed by atoms with Gasteiger partial charge in [0.15, 0.2) is 0 Å². The first-order chi connectivity index (χ1) is 40.9. The van der Waals surface area contributed by atoms with Crippen LogP contribution in [0.4, 0.5) is 17.6 Å². The minimum absolute atomic E-state index is 0.0174. The minimum Gasteiger partial charge on any atom is -0.353 e. The van der Waals surface area contributed by atoms with Gasteiger partial charge in [-0.05, 0) is 223 Å². The lowest BCUT2D eigenvalue weighted by atomic mass is 9.85. The predicted molar refractivity (Wildman–Crippen MR) is 319 cm³/mol. The summed E-state index contributed by atoms with van der Waals surface area (Å²) in [6, 6.07) is 32.7. The Hall–Kier alpha value is -8.08. The number of nitrogens with zero attached hydrogens (tertiary/aromatic N) is 9. The number of aromatic nitrogens is 6. The molecule has 432 valence electrons. The van der Waals surface area contributed by atoms with E-state index in [1.54, 1.807) is 29.1 Å². The monoisotopic (exact) mass is 1130 g/mol. The second-order valence-electron chi connectivity index (χ2n) is 23.3. The summed E-state index contributed by atoms with van der Waals surface area (Å²) in [6.07, 6.45) is 14.0. The van der Waals surface area contributed by atoms with Gasteiger partial charge in [0.2, 0.25) is 11.8 Å². The summed E-state index contributed by atoms with van der Waals surface area (Å²) in [5.74, 6) is -1.12. The number of benzene rings is 3. The van der Waals surface area contributed by atoms with Crippen LogP contribution in [0.5, 0.6) is 0 Å². The van der Waals surface area contributed by atoms with Crippen LogP contribution in [0.2, 0.25) is 0 Å². The third kappa shape index (κ3) is 12.4. The highest BCUT2D eigenvalue weighted by Crippen LogP contribution is 2.45. The van der Waals surface area contributed by atoms with E-state index in [2.05, 4.69) is 63.9 Å². The maximum atomic E-state index is 14.7. The van der Waals surface area contributed by atoms with Crippen LogP contribution < -0.4 is 0 Å². The smallest absolute Gasteiger partial charge is 0.225 e. The summed E-state index contributed by atoms with van der Waals surface area (Å²) in [4.78, 5) is 57.3. The molecule has 0 atom stereocenters. The molecule has 9 aromatic rings. The second-order valence-corrected chi connectivity index (χ2v) is 23.3. The molecule has 13 rings (SSSR count). The van der Waals surface area contributed by atoms with Crippen molar-refractivity contribution in [1.82, 2.24) is 49.1 Å². The van der Waals surface area contributed by atoms with Crippen molar-refractivity contribution in [2.75, 3.05) is 52.4 Å². The van der Waals surface area contributed by atoms with Crippen LogP contribution in [0.1, 0.15) is 96.8 Å². The Labute approximate surface area is 487 Å². The number of H-pyrrole nitrogens is 1. The summed E-state index contributed by atoms with van der Waals surface area (Å²) < 4.78 is 59.5. The van der Waals surface area contributed by atoms with Gasteiger partial charge in [-0.25, -0.2) is 17.6 Å². The molecular formula is C68H70F4N10O2. The molecule has 2 amide bonds. The van der Waals surface area contributed by atoms with Crippen LogP contribution in [0.3, 0.4) is 0 Å². The first-order valence-corrected chi connectivity index (χ1v) is 29.7. The van der Waals surface area contributed by atoms with Gasteiger partial charge < -0.3 is 19.4 Å². The predicted octanol–water partition coefficient (Wildman–Crippen LogP) is 13.1. The lowest BCUT2D eigenvalue weighted by Crippen LogP contribution is -2.45. The van der Waals surface area contributed by atoms with E-state index in [-0.39, 0.29) is 35.2 Å². The van der Waals surface area contributed by atoms with Crippen molar-refractivity contribution in [2.24, 2.45) is 11.8 Å². The van der Waals surface area contributed by atoms with Crippen molar-refractivity contribution >= 4 is 33.6 Å². The highest BCUT2D eigenvalue weighted by molar-refractivity contribution is 5.94. The van der Waals surface area contributed by atoms with Crippen molar-refractivity contribution in [1.29, 1.82) is 0 Å². The number of rotatable bonds is 11. The van der Waals surface area contributed by atoms with Crippen LogP contribution in [-0.4, -0.2) is 113 Å². The molecular weight excluding hydrogens is 1060 g/mol. The van der Waals surface area contributed by atoms with Gasteiger partial charge in [-0.1, -0.05) is 12.1 Å². The normalized spacial score (nSPS) is 17.2. The molecule has 16 heteroatoms. The van der Waals surface area contributed by atoms with E-state index >= 15 is 0 Å². The molecule has 4 aliphatic rings. The molecule has 0 aliphatic carbocycles. The van der Waals surface area contributed by atoms with Crippen molar-refractivity contribution in [3.05, 3.63) is 197 Å². The lowest BCUT2D eigenvalue weighted by Gasteiger charge is -2.37. The van der Waals surface area contributed by atoms with Gasteiger partial charge in [0.25, 0.3) is 0 Å². The van der Waals surface area contributed by atoms with Gasteiger partial charge >= 0.3 is 0 Å². The van der Waals surface area contributed by atoms with E-state index in [1.165, 1.54) is 47.0 Å². The Kier molecular flexibility index (Phi) is 16.8. The molecule has 10 heterocycles. The molecule has 3 aromatic carbocycles. The number of pyridine rings is 4. The highest BCUT2D eigenvalue weighted by atomic mass is 19.1. The number of nitrogens with one attached hydrogen (secondary N) is 1. The van der Waals surface area contributed by atoms with Gasteiger partial charge in [-0.3, -0.25) is 39.3 Å². The Morgan fingerprint density at radius 3 is 1.50 bits per heavy atom. The van der Waals surface area contributed by atoms with Gasteiger partial charge in [-0.2, -0.15) is 0 Å². The molecule has 0 unspecified atom stereocenters. The minimum atomic E-state index is -0.716. The number of hydrogen-bond acceptors (Lipinski definition) is 8. The largest absolute Gasteiger partial charge is 0.353 e. The molecule has 6 aromatic heterocycles. The molecule has 0 bridgehead atoms. The SMILES string of the molecule is Cc1cc(CN2CCC(C(=O)N3CCC(c4c(-c5ccccn5)[nH]c5cc(F)ccc45)CC3)CC2)ccn1.Cc1cc(CN2CCC(C(=O)N3CCC(c4c(-c5ccccn5)n(-c5cc(F)cc(F)c5)c5cc(F)ccc45)CC3)CC2)ccn1. The molecule has 0 spiro atoms. The van der Waals surface area contributed by atoms with E-state index in [1.807, 2.05) is 73.6 Å². The van der Waals surface area contributed by atoms with Crippen molar-refractivity contribution < 1.29 is 27.2 Å². The quantitative estimate of drug-likeness (QED) is 0.127. The van der Waals surface area contributed by atoms with Crippen molar-refractivity contribution in [3.63, 3.8) is 0 Å². The Morgan fingerprint density at radius 1 is 0.488 bits per heavy atom. The first-order valence-electron chi connectivity index (χ1n) is 29.7. The zero-order chi connectivity index (χ0) is 57.8. The fourth-order valence-corrected chi connectivity index (χ4v) is 13.6. The van der Waals surface area contributed by atoms with E-state index in [4.69, 9.17) is 0 Å². The molecule has 1 N–H and O–H groups in total. The van der Waals surface area contributed by atoms with E-state index < -0.39 is 17.5 Å². The standard InChI is InChI=1S/C37H36F3N5O.C31H34FN5O/c1-24-18-25(7-13-41-24)23-43-14-8-27(9-15-43)37(46)44-16-10-26(11-17-44)35-32-6-5-28(38)22-34(32)45(31-20-29(39)19-30(40)21-31)36(35)33-4-2-3-12-42-33;1-21-18-22(7-13-33-21)20-36-14-8-24(9-15-36)31(38)37-16-10-23(11-17-37)29-26-6-5-25(32)19-28(26)35-30(29)27-4-2-3-12-34-27/h2-7,12-13,18-22,26-27H,8-11,14-17,23H2,1H3;2-7,12-13,18-19,23-24,35H,8-11,14-17,20H2,1H3. The number of piperidine rings is 4. The molecule has 12 nitrogen and oxygen atoms in total. The van der Waals surface area contributed by atoms with E-state index in [9.17, 15) is 27.2 Å². The number of aryl methyl sites for hydroxylation is 2. The number of carbonyl (C=O) groups is 2. The van der Waals surface area contributed by atoms with Crippen molar-refractivity contribution in [3.8, 4) is 28.5 Å². The Morgan fingerprint density at radius 2 is 0.988 bits per heavy atom. The topological polar surface area (TPSA) is 119 Å². The average Bonchev–Trinajstić information content (AvgIpc) is 2.29. The number of aromatic amines is 1. The zero-order valence-corrected chi connectivity index (χ0v) is 47.7. The zero-order valence-electron chi connectivity index (χ0n) is 47.7. The molecule has 0 saturated carbocycles. The highest BCUT2D eigenvalue weighted by Gasteiger charge is 2.36. The summed E-state index contributed by atoms with van der Waals surface area (Å²) in [7, 11) is 0. The molecule has 4 aliphatic heterocycles. The van der Waals surface area contributed by atoms with Gasteiger partial charge in [0.1, 0.15) is 23.3 Å². The molecule has 4 saturated heterocycles. The van der Waals surface area contributed by atoms with Crippen LogP contribution in [-0.2, 0) is 22.7 Å². The number of amides is 2. The molecule has 4 fully saturated rings. The van der Waals surface area contributed by atoms with E-state index in [0.717, 1.165) is 154 Å². The van der Waals surface area contributed by atoms with Crippen LogP contribution in [0.15, 0.2) is 140 Å². The lowest BCUT2D eigenvalue weighted by molar-refractivity contribution is -0.139. The summed E-state index contributed by atoms with van der Waals surface area (Å²) in [5, 5.41) is 1.86. The van der Waals surface area contributed by atoms with Crippen LogP contribution >= 0.6 is 0 Å². The van der Waals surface area contributed by atoms with Crippen LogP contribution in [0, 0.1) is 49.0 Å². The van der Waals surface area contributed by atoms with Crippen LogP contribution in [0.25, 0.3) is 50.3 Å². The fraction of sp³-hybridized carbons (Fsp3) is 0.353. The fourth-order valence-electron chi connectivity index (χ4n) is 13.6. The second kappa shape index (κ2) is 25.0. The van der Waals surface area contributed by atoms with Gasteiger partial charge in [0.05, 0.1) is 34.0 Å². The third-order valence-corrected chi connectivity index (χ3v) is 17.7. The van der Waals surface area contributed by atoms with E-state index in [0.29, 0.717) is 41.8 Å². The van der Waals surface area contributed by atoms with Gasteiger partial charge in [0, 0.05) is 110 Å². The summed E-state index contributed by atoms with van der Waals surface area (Å²) in [5.41, 5.74) is 11.5. The molecule has 84 heavy (non-hydrogen) atoms. The maximum absolute atomic E-state index is 14.7. The Balaban J connectivity index is 0.000000168. The number of fused-ring (bicyclic) bond motifs is 2. The maximum Gasteiger partial charge on any atom is 0.225 e. The number of likely N-dealkylation sites (tertiary alicyclic amines) is 4. The Bertz CT molecular complexity index is 3760. The molecule has 0 radical (unpaired) electrons.